The van der Waals surface area contributed by atoms with Gasteiger partial charge in [0.15, 0.2) is 9.34 Å². The monoisotopic (exact) mass is 305 g/mol. The molecule has 0 spiro atoms. The second-order valence-corrected chi connectivity index (χ2v) is 7.74. The van der Waals surface area contributed by atoms with Crippen molar-refractivity contribution >= 4 is 26.5 Å². The van der Waals surface area contributed by atoms with Crippen LogP contribution in [0.25, 0.3) is 0 Å². The molecule has 0 aliphatic carbocycles. The van der Waals surface area contributed by atoms with Gasteiger partial charge in [-0.15, -0.1) is 0 Å². The van der Waals surface area contributed by atoms with E-state index in [1.165, 1.54) is 12.8 Å². The Hall–Kier alpha value is -0.660. The molecule has 3 N–H and O–H groups in total. The van der Waals surface area contributed by atoms with E-state index in [2.05, 4.69) is 16.6 Å². The average Bonchev–Trinajstić information content (AvgIpc) is 2.64. The van der Waals surface area contributed by atoms with Crippen molar-refractivity contribution in [3.63, 3.8) is 0 Å². The van der Waals surface area contributed by atoms with Crippen molar-refractivity contribution in [2.45, 2.75) is 63.1 Å². The summed E-state index contributed by atoms with van der Waals surface area (Å²) < 4.78 is 27.3. The van der Waals surface area contributed by atoms with Crippen LogP contribution < -0.4 is 10.5 Å². The average molecular weight is 305 g/mol. The van der Waals surface area contributed by atoms with Crippen LogP contribution in [0.4, 0.5) is 5.13 Å². The third-order valence-electron chi connectivity index (χ3n) is 2.86. The molecule has 1 unspecified atom stereocenters. The maximum absolute atomic E-state index is 12.2. The van der Waals surface area contributed by atoms with Crippen LogP contribution in [0, 0.1) is 6.92 Å². The zero-order valence-electron chi connectivity index (χ0n) is 11.8. The molecule has 1 atom stereocenters. The SMILES string of the molecule is CCCCCCC(C)NS(=O)(=O)c1sc(N)nc1C. The maximum Gasteiger partial charge on any atom is 0.252 e. The fourth-order valence-corrected chi connectivity index (χ4v) is 4.50. The second-order valence-electron chi connectivity index (χ2n) is 4.80. The zero-order chi connectivity index (χ0) is 14.5. The number of unbranched alkanes of at least 4 members (excludes halogenated alkanes) is 3. The van der Waals surface area contributed by atoms with E-state index in [0.29, 0.717) is 5.69 Å². The number of hydrogen-bond donors (Lipinski definition) is 2. The standard InChI is InChI=1S/C12H23N3O2S2/c1-4-5-6-7-8-9(2)15-19(16,17)11-10(3)14-12(13)18-11/h9,15H,4-8H2,1-3H3,(H2,13,14). The highest BCUT2D eigenvalue weighted by Gasteiger charge is 2.22. The van der Waals surface area contributed by atoms with Gasteiger partial charge in [0.1, 0.15) is 0 Å². The summed E-state index contributed by atoms with van der Waals surface area (Å²) >= 11 is 1.01. The van der Waals surface area contributed by atoms with E-state index in [4.69, 9.17) is 5.73 Å². The first-order valence-corrected chi connectivity index (χ1v) is 8.92. The molecule has 0 saturated carbocycles. The summed E-state index contributed by atoms with van der Waals surface area (Å²) in [6.45, 7) is 5.71. The number of thiazole rings is 1. The van der Waals surface area contributed by atoms with Crippen LogP contribution in [0.5, 0.6) is 0 Å². The Kier molecular flexibility index (Phi) is 6.22. The smallest absolute Gasteiger partial charge is 0.252 e. The van der Waals surface area contributed by atoms with Crippen molar-refractivity contribution in [3.05, 3.63) is 5.69 Å². The minimum Gasteiger partial charge on any atom is -0.375 e. The van der Waals surface area contributed by atoms with Gasteiger partial charge in [-0.05, 0) is 20.3 Å². The van der Waals surface area contributed by atoms with Gasteiger partial charge in [0.05, 0.1) is 5.69 Å². The molecule has 0 aromatic carbocycles. The highest BCUT2D eigenvalue weighted by atomic mass is 32.2. The fraction of sp³-hybridized carbons (Fsp3) is 0.750. The minimum atomic E-state index is -3.49. The lowest BCUT2D eigenvalue weighted by Gasteiger charge is -2.13. The van der Waals surface area contributed by atoms with Gasteiger partial charge in [0, 0.05) is 6.04 Å². The van der Waals surface area contributed by atoms with Gasteiger partial charge in [-0.2, -0.15) is 0 Å². The van der Waals surface area contributed by atoms with Crippen LogP contribution in [-0.2, 0) is 10.0 Å². The molecule has 1 aromatic rings. The van der Waals surface area contributed by atoms with E-state index in [-0.39, 0.29) is 15.4 Å². The molecule has 110 valence electrons. The summed E-state index contributed by atoms with van der Waals surface area (Å²) in [5.41, 5.74) is 6.00. The minimum absolute atomic E-state index is 0.0652. The molecule has 0 fully saturated rings. The summed E-state index contributed by atoms with van der Waals surface area (Å²) in [5, 5.41) is 0.286. The molecular formula is C12H23N3O2S2. The predicted octanol–water partition coefficient (Wildman–Crippen LogP) is 2.67. The number of nitrogens with two attached hydrogens (primary N) is 1. The lowest BCUT2D eigenvalue weighted by molar-refractivity contribution is 0.522. The molecule has 19 heavy (non-hydrogen) atoms. The van der Waals surface area contributed by atoms with E-state index in [1.54, 1.807) is 6.92 Å². The van der Waals surface area contributed by atoms with Crippen molar-refractivity contribution < 1.29 is 8.42 Å². The van der Waals surface area contributed by atoms with Crippen LogP contribution in [0.1, 0.15) is 51.6 Å². The Balaban J connectivity index is 2.57. The van der Waals surface area contributed by atoms with Gasteiger partial charge in [-0.1, -0.05) is 43.9 Å². The number of hydrogen-bond acceptors (Lipinski definition) is 5. The van der Waals surface area contributed by atoms with Gasteiger partial charge >= 0.3 is 0 Å². The summed E-state index contributed by atoms with van der Waals surface area (Å²) in [7, 11) is -3.49. The van der Waals surface area contributed by atoms with Crippen molar-refractivity contribution in [2.75, 3.05) is 5.73 Å². The Bertz CT molecular complexity index is 497. The largest absolute Gasteiger partial charge is 0.375 e. The van der Waals surface area contributed by atoms with Crippen LogP contribution in [0.15, 0.2) is 4.21 Å². The summed E-state index contributed by atoms with van der Waals surface area (Å²) in [4.78, 5) is 3.95. The Morgan fingerprint density at radius 2 is 2.05 bits per heavy atom. The van der Waals surface area contributed by atoms with Gasteiger partial charge in [-0.3, -0.25) is 0 Å². The molecule has 5 nitrogen and oxygen atoms in total. The molecule has 7 heteroatoms. The molecule has 1 heterocycles. The normalized spacial score (nSPS) is 13.6. The lowest BCUT2D eigenvalue weighted by atomic mass is 10.1. The topological polar surface area (TPSA) is 85.1 Å². The maximum atomic E-state index is 12.2. The van der Waals surface area contributed by atoms with Gasteiger partial charge in [-0.25, -0.2) is 18.1 Å². The third-order valence-corrected chi connectivity index (χ3v) is 6.05. The first kappa shape index (κ1) is 16.4. The molecule has 0 radical (unpaired) electrons. The van der Waals surface area contributed by atoms with Gasteiger partial charge in [0.25, 0.3) is 10.0 Å². The van der Waals surface area contributed by atoms with E-state index < -0.39 is 10.0 Å². The predicted molar refractivity (Wildman–Crippen MR) is 79.8 cm³/mol. The molecule has 0 aliphatic heterocycles. The molecule has 0 amide bonds. The molecule has 0 bridgehead atoms. The lowest BCUT2D eigenvalue weighted by Crippen LogP contribution is -2.32. The van der Waals surface area contributed by atoms with Crippen LogP contribution in [0.2, 0.25) is 0 Å². The van der Waals surface area contributed by atoms with Crippen molar-refractivity contribution in [2.24, 2.45) is 0 Å². The number of anilines is 1. The molecule has 0 aliphatic rings. The summed E-state index contributed by atoms with van der Waals surface area (Å²) in [6, 6.07) is -0.0652. The Labute approximate surface area is 119 Å². The first-order chi connectivity index (χ1) is 8.86. The van der Waals surface area contributed by atoms with Crippen molar-refractivity contribution in [1.29, 1.82) is 0 Å². The number of aryl methyl sites for hydroxylation is 1. The van der Waals surface area contributed by atoms with E-state index >= 15 is 0 Å². The van der Waals surface area contributed by atoms with Gasteiger partial charge in [0.2, 0.25) is 0 Å². The van der Waals surface area contributed by atoms with E-state index in [9.17, 15) is 8.42 Å². The Morgan fingerprint density at radius 3 is 2.58 bits per heavy atom. The van der Waals surface area contributed by atoms with Crippen molar-refractivity contribution in [3.8, 4) is 0 Å². The number of rotatable bonds is 8. The number of nitrogens with zero attached hydrogens (tertiary/aromatic N) is 1. The summed E-state index contributed by atoms with van der Waals surface area (Å²) in [5.74, 6) is 0. The first-order valence-electron chi connectivity index (χ1n) is 6.62. The van der Waals surface area contributed by atoms with Crippen molar-refractivity contribution in [1.82, 2.24) is 9.71 Å². The third kappa shape index (κ3) is 5.08. The Morgan fingerprint density at radius 1 is 1.37 bits per heavy atom. The number of sulfonamides is 1. The number of aromatic nitrogens is 1. The molecule has 1 aromatic heterocycles. The quantitative estimate of drug-likeness (QED) is 0.723. The van der Waals surface area contributed by atoms with E-state index in [1.807, 2.05) is 6.92 Å². The van der Waals surface area contributed by atoms with Crippen LogP contribution in [0.3, 0.4) is 0 Å². The van der Waals surface area contributed by atoms with E-state index in [0.717, 1.165) is 30.6 Å². The highest BCUT2D eigenvalue weighted by molar-refractivity contribution is 7.91. The summed E-state index contributed by atoms with van der Waals surface area (Å²) in [6.07, 6.45) is 5.42. The number of nitrogen functional groups attached to an aromatic ring is 1. The van der Waals surface area contributed by atoms with Gasteiger partial charge < -0.3 is 5.73 Å². The molecule has 1 rings (SSSR count). The number of nitrogens with one attached hydrogen (secondary N) is 1. The fourth-order valence-electron chi connectivity index (χ4n) is 1.91. The molecule has 0 saturated heterocycles. The zero-order valence-corrected chi connectivity index (χ0v) is 13.4. The highest BCUT2D eigenvalue weighted by Crippen LogP contribution is 2.25. The molecular weight excluding hydrogens is 282 g/mol. The van der Waals surface area contributed by atoms with Crippen LogP contribution in [-0.4, -0.2) is 19.4 Å². The van der Waals surface area contributed by atoms with Crippen LogP contribution >= 0.6 is 11.3 Å². The second kappa shape index (κ2) is 7.21.